The average molecular weight is 283 g/mol. The lowest BCUT2D eigenvalue weighted by Crippen LogP contribution is -2.46. The van der Waals surface area contributed by atoms with E-state index < -0.39 is 11.5 Å². The Morgan fingerprint density at radius 1 is 1.29 bits per heavy atom. The zero-order valence-electron chi connectivity index (χ0n) is 12.9. The summed E-state index contributed by atoms with van der Waals surface area (Å²) in [7, 11) is 0. The van der Waals surface area contributed by atoms with Crippen LogP contribution >= 0.6 is 0 Å². The van der Waals surface area contributed by atoms with E-state index in [1.54, 1.807) is 0 Å². The molecule has 1 fully saturated rings. The standard InChI is InChI=1S/C19H25NO/c1-14-6-4-8-16(12-14)18(21)19(13-20)11-5-9-15-7-2-3-10-17(15)19/h2-3,7,10,14,16,18,21H,4-6,8-9,11-12H2,1H3. The molecule has 0 aromatic heterocycles. The minimum absolute atomic E-state index is 0.277. The molecule has 4 unspecified atom stereocenters. The number of aliphatic hydroxyl groups is 1. The number of aliphatic hydroxyl groups excluding tert-OH is 1. The molecule has 0 amide bonds. The van der Waals surface area contributed by atoms with Gasteiger partial charge in [0.2, 0.25) is 0 Å². The van der Waals surface area contributed by atoms with E-state index in [4.69, 9.17) is 0 Å². The number of fused-ring (bicyclic) bond motifs is 1. The molecule has 1 aromatic rings. The zero-order chi connectivity index (χ0) is 14.9. The molecular formula is C19H25NO. The normalized spacial score (nSPS) is 33.8. The summed E-state index contributed by atoms with van der Waals surface area (Å²) in [6, 6.07) is 10.8. The highest BCUT2D eigenvalue weighted by Gasteiger charge is 2.46. The second kappa shape index (κ2) is 5.81. The molecule has 0 aliphatic heterocycles. The highest BCUT2D eigenvalue weighted by molar-refractivity contribution is 5.43. The second-order valence-corrected chi connectivity index (χ2v) is 7.07. The summed E-state index contributed by atoms with van der Waals surface area (Å²) in [6.45, 7) is 2.27. The van der Waals surface area contributed by atoms with Crippen molar-refractivity contribution in [2.75, 3.05) is 0 Å². The Hall–Kier alpha value is -1.33. The molecule has 0 spiro atoms. The van der Waals surface area contributed by atoms with Gasteiger partial charge in [0.15, 0.2) is 0 Å². The lowest BCUT2D eigenvalue weighted by molar-refractivity contribution is 0.0190. The van der Waals surface area contributed by atoms with Gasteiger partial charge in [-0.1, -0.05) is 44.0 Å². The lowest BCUT2D eigenvalue weighted by atomic mass is 9.62. The van der Waals surface area contributed by atoms with E-state index in [1.807, 2.05) is 12.1 Å². The fourth-order valence-corrected chi connectivity index (χ4v) is 4.53. The molecule has 2 nitrogen and oxygen atoms in total. The summed E-state index contributed by atoms with van der Waals surface area (Å²) in [5, 5.41) is 21.0. The molecule has 1 aromatic carbocycles. The predicted molar refractivity (Wildman–Crippen MR) is 83.8 cm³/mol. The largest absolute Gasteiger partial charge is 0.391 e. The summed E-state index contributed by atoms with van der Waals surface area (Å²) in [5.74, 6) is 0.951. The van der Waals surface area contributed by atoms with Crippen LogP contribution in [0.3, 0.4) is 0 Å². The molecule has 0 heterocycles. The number of hydrogen-bond acceptors (Lipinski definition) is 2. The molecule has 0 bridgehead atoms. The first-order chi connectivity index (χ1) is 10.2. The van der Waals surface area contributed by atoms with Crippen LogP contribution in [0.1, 0.15) is 56.6 Å². The molecule has 4 atom stereocenters. The first-order valence-corrected chi connectivity index (χ1v) is 8.35. The predicted octanol–water partition coefficient (Wildman–Crippen LogP) is 3.97. The Kier molecular flexibility index (Phi) is 4.04. The van der Waals surface area contributed by atoms with E-state index in [0.717, 1.165) is 37.7 Å². The van der Waals surface area contributed by atoms with Crippen LogP contribution in [0, 0.1) is 23.2 Å². The third-order valence-corrected chi connectivity index (χ3v) is 5.64. The maximum Gasteiger partial charge on any atom is 0.109 e. The Labute approximate surface area is 127 Å². The highest BCUT2D eigenvalue weighted by atomic mass is 16.3. The molecular weight excluding hydrogens is 258 g/mol. The Morgan fingerprint density at radius 3 is 2.86 bits per heavy atom. The van der Waals surface area contributed by atoms with E-state index >= 15 is 0 Å². The maximum absolute atomic E-state index is 11.1. The van der Waals surface area contributed by atoms with Gasteiger partial charge in [0.05, 0.1) is 12.2 Å². The van der Waals surface area contributed by atoms with Crippen molar-refractivity contribution < 1.29 is 5.11 Å². The molecule has 2 aliphatic rings. The molecule has 1 N–H and O–H groups in total. The van der Waals surface area contributed by atoms with Gasteiger partial charge in [-0.3, -0.25) is 0 Å². The summed E-state index contributed by atoms with van der Waals surface area (Å²) in [4.78, 5) is 0. The van der Waals surface area contributed by atoms with Crippen molar-refractivity contribution in [3.63, 3.8) is 0 Å². The quantitative estimate of drug-likeness (QED) is 0.892. The molecule has 2 heteroatoms. The summed E-state index contributed by atoms with van der Waals surface area (Å²) >= 11 is 0. The topological polar surface area (TPSA) is 44.0 Å². The average Bonchev–Trinajstić information content (AvgIpc) is 2.53. The number of nitriles is 1. The zero-order valence-corrected chi connectivity index (χ0v) is 12.9. The van der Waals surface area contributed by atoms with Gasteiger partial charge in [0, 0.05) is 0 Å². The molecule has 0 radical (unpaired) electrons. The van der Waals surface area contributed by atoms with E-state index in [9.17, 15) is 10.4 Å². The number of benzene rings is 1. The van der Waals surface area contributed by atoms with Crippen molar-refractivity contribution in [2.45, 2.75) is 63.4 Å². The van der Waals surface area contributed by atoms with Crippen molar-refractivity contribution in [3.8, 4) is 6.07 Å². The van der Waals surface area contributed by atoms with Crippen LogP contribution in [0.2, 0.25) is 0 Å². The SMILES string of the molecule is CC1CCCC(C(O)C2(C#N)CCCc3ccccc32)C1. The van der Waals surface area contributed by atoms with Gasteiger partial charge >= 0.3 is 0 Å². The molecule has 0 saturated heterocycles. The van der Waals surface area contributed by atoms with Gasteiger partial charge in [0.1, 0.15) is 5.41 Å². The van der Waals surface area contributed by atoms with Crippen LogP contribution in [0.25, 0.3) is 0 Å². The second-order valence-electron chi connectivity index (χ2n) is 7.07. The lowest BCUT2D eigenvalue weighted by Gasteiger charge is -2.42. The van der Waals surface area contributed by atoms with E-state index in [-0.39, 0.29) is 5.92 Å². The third kappa shape index (κ3) is 2.49. The van der Waals surface area contributed by atoms with Gasteiger partial charge in [-0.25, -0.2) is 0 Å². The van der Waals surface area contributed by atoms with Crippen molar-refractivity contribution in [2.24, 2.45) is 11.8 Å². The van der Waals surface area contributed by atoms with Crippen LogP contribution in [-0.2, 0) is 11.8 Å². The number of aryl methyl sites for hydroxylation is 1. The molecule has 21 heavy (non-hydrogen) atoms. The molecule has 112 valence electrons. The van der Waals surface area contributed by atoms with Crippen LogP contribution in [0.4, 0.5) is 0 Å². The van der Waals surface area contributed by atoms with Gasteiger partial charge < -0.3 is 5.11 Å². The number of nitrogens with zero attached hydrogens (tertiary/aromatic N) is 1. The van der Waals surface area contributed by atoms with Crippen LogP contribution in [-0.4, -0.2) is 11.2 Å². The van der Waals surface area contributed by atoms with E-state index in [2.05, 4.69) is 25.1 Å². The minimum Gasteiger partial charge on any atom is -0.391 e. The summed E-state index contributed by atoms with van der Waals surface area (Å²) < 4.78 is 0. The monoisotopic (exact) mass is 283 g/mol. The summed E-state index contributed by atoms with van der Waals surface area (Å²) in [5.41, 5.74) is 1.66. The number of rotatable bonds is 2. The van der Waals surface area contributed by atoms with E-state index in [0.29, 0.717) is 5.92 Å². The van der Waals surface area contributed by atoms with Crippen molar-refractivity contribution >= 4 is 0 Å². The summed E-state index contributed by atoms with van der Waals surface area (Å²) in [6.07, 6.45) is 6.89. The third-order valence-electron chi connectivity index (χ3n) is 5.64. The van der Waals surface area contributed by atoms with Gasteiger partial charge in [0.25, 0.3) is 0 Å². The van der Waals surface area contributed by atoms with Gasteiger partial charge in [-0.2, -0.15) is 5.26 Å². The minimum atomic E-state index is -0.684. The van der Waals surface area contributed by atoms with Gasteiger partial charge in [-0.05, 0) is 55.1 Å². The smallest absolute Gasteiger partial charge is 0.109 e. The van der Waals surface area contributed by atoms with Crippen molar-refractivity contribution in [1.29, 1.82) is 5.26 Å². The first-order valence-electron chi connectivity index (χ1n) is 8.35. The van der Waals surface area contributed by atoms with Crippen LogP contribution < -0.4 is 0 Å². The molecule has 2 aliphatic carbocycles. The van der Waals surface area contributed by atoms with Crippen LogP contribution in [0.5, 0.6) is 0 Å². The van der Waals surface area contributed by atoms with E-state index in [1.165, 1.54) is 18.4 Å². The fraction of sp³-hybridized carbons (Fsp3) is 0.632. The number of hydrogen-bond donors (Lipinski definition) is 1. The maximum atomic E-state index is 11.1. The first kappa shape index (κ1) is 14.6. The van der Waals surface area contributed by atoms with Crippen molar-refractivity contribution in [1.82, 2.24) is 0 Å². The Balaban J connectivity index is 1.96. The molecule has 1 saturated carbocycles. The van der Waals surface area contributed by atoms with Gasteiger partial charge in [-0.15, -0.1) is 0 Å². The fourth-order valence-electron chi connectivity index (χ4n) is 4.53. The molecule has 3 rings (SSSR count). The van der Waals surface area contributed by atoms with Crippen LogP contribution in [0.15, 0.2) is 24.3 Å². The highest BCUT2D eigenvalue weighted by Crippen LogP contribution is 2.45. The Morgan fingerprint density at radius 2 is 2.10 bits per heavy atom. The Bertz CT molecular complexity index is 547. The van der Waals surface area contributed by atoms with Crippen molar-refractivity contribution in [3.05, 3.63) is 35.4 Å².